The second-order valence-electron chi connectivity index (χ2n) is 4.75. The Morgan fingerprint density at radius 2 is 1.88 bits per heavy atom. The SMILES string of the molecule is COc1ccc(/C=N/NC(=O)c2ccccc2Br)c(C(=O)O)c1OC. The molecule has 0 heterocycles. The van der Waals surface area contributed by atoms with Crippen LogP contribution in [0.5, 0.6) is 11.5 Å². The molecular formula is C17H15BrN2O5. The average Bonchev–Trinajstić information content (AvgIpc) is 2.60. The van der Waals surface area contributed by atoms with Crippen LogP contribution in [0.3, 0.4) is 0 Å². The third kappa shape index (κ3) is 4.16. The number of hydrogen-bond donors (Lipinski definition) is 2. The Morgan fingerprint density at radius 1 is 1.16 bits per heavy atom. The van der Waals surface area contributed by atoms with Crippen molar-refractivity contribution in [3.63, 3.8) is 0 Å². The Balaban J connectivity index is 2.28. The standard InChI is InChI=1S/C17H15BrN2O5/c1-24-13-8-7-10(14(17(22)23)15(13)25-2)9-19-20-16(21)11-5-3-4-6-12(11)18/h3-9H,1-2H3,(H,20,21)(H,22,23)/b19-9+. The monoisotopic (exact) mass is 406 g/mol. The van der Waals surface area contributed by atoms with Gasteiger partial charge in [-0.1, -0.05) is 12.1 Å². The normalized spacial score (nSPS) is 10.5. The van der Waals surface area contributed by atoms with Crippen LogP contribution in [0.4, 0.5) is 0 Å². The number of ether oxygens (including phenoxy) is 2. The summed E-state index contributed by atoms with van der Waals surface area (Å²) in [7, 11) is 2.76. The highest BCUT2D eigenvalue weighted by atomic mass is 79.9. The number of rotatable bonds is 6. The zero-order valence-corrected chi connectivity index (χ0v) is 15.0. The van der Waals surface area contributed by atoms with Gasteiger partial charge in [0, 0.05) is 10.0 Å². The van der Waals surface area contributed by atoms with Crippen LogP contribution in [0.1, 0.15) is 26.3 Å². The fourth-order valence-corrected chi connectivity index (χ4v) is 2.60. The molecule has 0 spiro atoms. The summed E-state index contributed by atoms with van der Waals surface area (Å²) in [6.07, 6.45) is 1.24. The van der Waals surface area contributed by atoms with E-state index >= 15 is 0 Å². The van der Waals surface area contributed by atoms with Crippen molar-refractivity contribution in [2.45, 2.75) is 0 Å². The third-order valence-electron chi connectivity index (χ3n) is 3.28. The highest BCUT2D eigenvalue weighted by Gasteiger charge is 2.20. The molecule has 2 aromatic rings. The Hall–Kier alpha value is -2.87. The van der Waals surface area contributed by atoms with Gasteiger partial charge in [0.2, 0.25) is 0 Å². The molecule has 0 bridgehead atoms. The van der Waals surface area contributed by atoms with Gasteiger partial charge in [0.1, 0.15) is 5.56 Å². The van der Waals surface area contributed by atoms with E-state index in [-0.39, 0.29) is 22.6 Å². The molecule has 0 fully saturated rings. The van der Waals surface area contributed by atoms with Crippen LogP contribution in [0, 0.1) is 0 Å². The van der Waals surface area contributed by atoms with Gasteiger partial charge < -0.3 is 14.6 Å². The molecule has 0 radical (unpaired) electrons. The lowest BCUT2D eigenvalue weighted by Crippen LogP contribution is -2.18. The summed E-state index contributed by atoms with van der Waals surface area (Å²) in [5.74, 6) is -1.26. The Morgan fingerprint density at radius 3 is 2.48 bits per heavy atom. The number of benzene rings is 2. The lowest BCUT2D eigenvalue weighted by molar-refractivity contribution is 0.0692. The summed E-state index contributed by atoms with van der Waals surface area (Å²) in [6.45, 7) is 0. The molecule has 7 nitrogen and oxygen atoms in total. The number of halogens is 1. The number of hydrogen-bond acceptors (Lipinski definition) is 5. The minimum Gasteiger partial charge on any atom is -0.493 e. The molecule has 0 unspecified atom stereocenters. The van der Waals surface area contributed by atoms with E-state index in [4.69, 9.17) is 9.47 Å². The smallest absolute Gasteiger partial charge is 0.340 e. The zero-order chi connectivity index (χ0) is 18.4. The minimum absolute atomic E-state index is 0.0797. The van der Waals surface area contributed by atoms with E-state index in [1.807, 2.05) is 0 Å². The number of carbonyl (C=O) groups is 2. The molecule has 2 rings (SSSR count). The van der Waals surface area contributed by atoms with E-state index in [1.54, 1.807) is 30.3 Å². The molecule has 25 heavy (non-hydrogen) atoms. The summed E-state index contributed by atoms with van der Waals surface area (Å²) >= 11 is 3.28. The molecule has 1 amide bonds. The summed E-state index contributed by atoms with van der Waals surface area (Å²) in [5.41, 5.74) is 2.92. The topological polar surface area (TPSA) is 97.2 Å². The second-order valence-corrected chi connectivity index (χ2v) is 5.60. The van der Waals surface area contributed by atoms with Gasteiger partial charge in [0.05, 0.1) is 26.0 Å². The number of amides is 1. The average molecular weight is 407 g/mol. The lowest BCUT2D eigenvalue weighted by atomic mass is 10.1. The fraction of sp³-hybridized carbons (Fsp3) is 0.118. The molecule has 0 aliphatic heterocycles. The van der Waals surface area contributed by atoms with Gasteiger partial charge in [-0.3, -0.25) is 4.79 Å². The lowest BCUT2D eigenvalue weighted by Gasteiger charge is -2.12. The van der Waals surface area contributed by atoms with Gasteiger partial charge in [0.15, 0.2) is 11.5 Å². The van der Waals surface area contributed by atoms with Gasteiger partial charge in [-0.25, -0.2) is 10.2 Å². The molecule has 0 saturated heterocycles. The number of nitrogens with one attached hydrogen (secondary N) is 1. The molecule has 8 heteroatoms. The van der Waals surface area contributed by atoms with Crippen LogP contribution in [0.15, 0.2) is 46.0 Å². The van der Waals surface area contributed by atoms with Crippen molar-refractivity contribution >= 4 is 34.0 Å². The molecule has 2 aromatic carbocycles. The number of hydrazone groups is 1. The zero-order valence-electron chi connectivity index (χ0n) is 13.4. The van der Waals surface area contributed by atoms with E-state index in [0.717, 1.165) is 0 Å². The number of carboxylic acids is 1. The quantitative estimate of drug-likeness (QED) is 0.567. The molecule has 130 valence electrons. The van der Waals surface area contributed by atoms with Crippen molar-refractivity contribution in [1.82, 2.24) is 5.43 Å². The first kappa shape index (κ1) is 18.5. The van der Waals surface area contributed by atoms with Crippen molar-refractivity contribution in [1.29, 1.82) is 0 Å². The van der Waals surface area contributed by atoms with Crippen LogP contribution in [0.2, 0.25) is 0 Å². The molecule has 0 aliphatic carbocycles. The predicted octanol–water partition coefficient (Wildman–Crippen LogP) is 2.93. The summed E-state index contributed by atoms with van der Waals surface area (Å²) < 4.78 is 10.8. The minimum atomic E-state index is -1.20. The predicted molar refractivity (Wildman–Crippen MR) is 95.7 cm³/mol. The molecule has 0 saturated carbocycles. The maximum Gasteiger partial charge on any atom is 0.340 e. The maximum atomic E-state index is 12.1. The number of nitrogens with zero attached hydrogens (tertiary/aromatic N) is 1. The van der Waals surface area contributed by atoms with Crippen molar-refractivity contribution in [2.24, 2.45) is 5.10 Å². The van der Waals surface area contributed by atoms with Crippen LogP contribution in [0.25, 0.3) is 0 Å². The summed E-state index contributed by atoms with van der Waals surface area (Å²) in [4.78, 5) is 23.6. The van der Waals surface area contributed by atoms with E-state index in [1.165, 1.54) is 26.5 Å². The van der Waals surface area contributed by atoms with Gasteiger partial charge in [-0.05, 0) is 40.2 Å². The van der Waals surface area contributed by atoms with E-state index < -0.39 is 11.9 Å². The number of methoxy groups -OCH3 is 2. The number of aromatic carboxylic acids is 1. The van der Waals surface area contributed by atoms with Crippen molar-refractivity contribution < 1.29 is 24.2 Å². The van der Waals surface area contributed by atoms with Crippen LogP contribution in [-0.4, -0.2) is 37.4 Å². The van der Waals surface area contributed by atoms with Gasteiger partial charge in [-0.15, -0.1) is 0 Å². The highest BCUT2D eigenvalue weighted by molar-refractivity contribution is 9.10. The van der Waals surface area contributed by atoms with Gasteiger partial charge >= 0.3 is 5.97 Å². The molecule has 0 atom stereocenters. The van der Waals surface area contributed by atoms with Crippen molar-refractivity contribution in [3.8, 4) is 11.5 Å². The molecule has 2 N–H and O–H groups in total. The van der Waals surface area contributed by atoms with Crippen molar-refractivity contribution in [3.05, 3.63) is 57.6 Å². The maximum absolute atomic E-state index is 12.1. The third-order valence-corrected chi connectivity index (χ3v) is 3.97. The Bertz CT molecular complexity index is 836. The summed E-state index contributed by atoms with van der Waals surface area (Å²) in [6, 6.07) is 9.94. The molecule has 0 aliphatic rings. The van der Waals surface area contributed by atoms with Crippen LogP contribution >= 0.6 is 15.9 Å². The summed E-state index contributed by atoms with van der Waals surface area (Å²) in [5, 5.41) is 13.3. The molecular weight excluding hydrogens is 392 g/mol. The van der Waals surface area contributed by atoms with Crippen LogP contribution in [-0.2, 0) is 0 Å². The second kappa shape index (κ2) is 8.29. The van der Waals surface area contributed by atoms with E-state index in [0.29, 0.717) is 10.0 Å². The Kier molecular flexibility index (Phi) is 6.13. The van der Waals surface area contributed by atoms with Crippen molar-refractivity contribution in [2.75, 3.05) is 14.2 Å². The van der Waals surface area contributed by atoms with Crippen LogP contribution < -0.4 is 14.9 Å². The largest absolute Gasteiger partial charge is 0.493 e. The first-order valence-corrected chi connectivity index (χ1v) is 7.85. The van der Waals surface area contributed by atoms with Gasteiger partial charge in [0.25, 0.3) is 5.91 Å². The van der Waals surface area contributed by atoms with E-state index in [2.05, 4.69) is 26.5 Å². The molecule has 0 aromatic heterocycles. The Labute approximate surface area is 152 Å². The first-order valence-electron chi connectivity index (χ1n) is 7.05. The van der Waals surface area contributed by atoms with E-state index in [9.17, 15) is 14.7 Å². The van der Waals surface area contributed by atoms with Gasteiger partial charge in [-0.2, -0.15) is 5.10 Å². The first-order chi connectivity index (χ1) is 12.0. The fourth-order valence-electron chi connectivity index (χ4n) is 2.14. The highest BCUT2D eigenvalue weighted by Crippen LogP contribution is 2.32. The number of carbonyl (C=O) groups excluding carboxylic acids is 1. The number of carboxylic acid groups (broad SMARTS) is 1.